The van der Waals surface area contributed by atoms with Gasteiger partial charge in [-0.3, -0.25) is 4.79 Å². The molecular weight excluding hydrogens is 192 g/mol. The second-order valence-electron chi connectivity index (χ2n) is 2.97. The first-order chi connectivity index (χ1) is 5.81. The summed E-state index contributed by atoms with van der Waals surface area (Å²) in [6, 6.07) is 2.01. The quantitative estimate of drug-likeness (QED) is 0.530. The van der Waals surface area contributed by atoms with Crippen LogP contribution in [0.5, 0.6) is 0 Å². The molecule has 0 bridgehead atoms. The molecule has 1 aliphatic rings. The van der Waals surface area contributed by atoms with Crippen LogP contribution in [0.2, 0.25) is 0 Å². The fourth-order valence-corrected chi connectivity index (χ4v) is 2.95. The van der Waals surface area contributed by atoms with Gasteiger partial charge in [-0.25, -0.2) is 0 Å². The summed E-state index contributed by atoms with van der Waals surface area (Å²) in [6.45, 7) is 0. The Morgan fingerprint density at radius 1 is 1.58 bits per heavy atom. The maximum Gasteiger partial charge on any atom is 0.187 e. The van der Waals surface area contributed by atoms with Gasteiger partial charge >= 0.3 is 0 Å². The van der Waals surface area contributed by atoms with Gasteiger partial charge in [0.2, 0.25) is 0 Å². The van der Waals surface area contributed by atoms with E-state index < -0.39 is 0 Å². The lowest BCUT2D eigenvalue weighted by molar-refractivity contribution is 0.102. The molecule has 1 aromatic heterocycles. The lowest BCUT2D eigenvalue weighted by atomic mass is 10.2. The van der Waals surface area contributed by atoms with Crippen LogP contribution in [-0.2, 0) is 12.8 Å². The first kappa shape index (κ1) is 8.27. The number of thiophene rings is 1. The molecule has 1 aliphatic carbocycles. The highest BCUT2D eigenvalue weighted by Gasteiger charge is 2.17. The normalized spacial score (nSPS) is 14.8. The largest absolute Gasteiger partial charge is 0.292 e. The predicted octanol–water partition coefficient (Wildman–Crippen LogP) is 2.66. The highest BCUT2D eigenvalue weighted by Crippen LogP contribution is 2.30. The summed E-state index contributed by atoms with van der Waals surface area (Å²) in [6.07, 6.45) is 3.54. The van der Waals surface area contributed by atoms with E-state index in [0.29, 0.717) is 0 Å². The summed E-state index contributed by atoms with van der Waals surface area (Å²) >= 11 is 7.09. The molecule has 12 heavy (non-hydrogen) atoms. The molecule has 0 radical (unpaired) electrons. The van der Waals surface area contributed by atoms with E-state index in [9.17, 15) is 4.79 Å². The van der Waals surface area contributed by atoms with Crippen molar-refractivity contribution < 1.29 is 4.79 Å². The first-order valence-electron chi connectivity index (χ1n) is 4.02. The molecule has 0 unspecified atom stereocenters. The topological polar surface area (TPSA) is 17.1 Å². The third kappa shape index (κ3) is 1.29. The molecule has 0 aromatic carbocycles. The monoisotopic (exact) mass is 200 g/mol. The highest BCUT2D eigenvalue weighted by atomic mass is 35.5. The molecule has 0 saturated heterocycles. The van der Waals surface area contributed by atoms with Crippen LogP contribution < -0.4 is 0 Å². The fourth-order valence-electron chi connectivity index (χ4n) is 1.53. The van der Waals surface area contributed by atoms with Crippen LogP contribution in [0, 0.1) is 0 Å². The van der Waals surface area contributed by atoms with Crippen LogP contribution in [0.1, 0.15) is 26.5 Å². The Balaban J connectivity index is 2.31. The van der Waals surface area contributed by atoms with Crippen molar-refractivity contribution in [1.82, 2.24) is 0 Å². The van der Waals surface area contributed by atoms with Crippen molar-refractivity contribution >= 4 is 28.7 Å². The molecule has 1 aromatic rings. The average molecular weight is 201 g/mol. The zero-order chi connectivity index (χ0) is 8.55. The van der Waals surface area contributed by atoms with Crippen LogP contribution >= 0.6 is 22.9 Å². The smallest absolute Gasteiger partial charge is 0.187 e. The number of halogens is 1. The van der Waals surface area contributed by atoms with Gasteiger partial charge in [0.15, 0.2) is 5.78 Å². The molecular formula is C9H9ClOS. The molecule has 0 amide bonds. The third-order valence-corrected chi connectivity index (χ3v) is 3.66. The van der Waals surface area contributed by atoms with E-state index in [1.807, 2.05) is 6.07 Å². The number of rotatable bonds is 2. The van der Waals surface area contributed by atoms with Crippen LogP contribution in [-0.4, -0.2) is 11.7 Å². The van der Waals surface area contributed by atoms with Gasteiger partial charge in [0.05, 0.1) is 10.8 Å². The second kappa shape index (κ2) is 3.19. The summed E-state index contributed by atoms with van der Waals surface area (Å²) in [7, 11) is 0. The van der Waals surface area contributed by atoms with Crippen molar-refractivity contribution in [1.29, 1.82) is 0 Å². The van der Waals surface area contributed by atoms with Gasteiger partial charge in [0.25, 0.3) is 0 Å². The Bertz CT molecular complexity index is 295. The maximum absolute atomic E-state index is 11.2. The Morgan fingerprint density at radius 3 is 3.08 bits per heavy atom. The van der Waals surface area contributed by atoms with Crippen LogP contribution in [0.3, 0.4) is 0 Å². The van der Waals surface area contributed by atoms with Crippen molar-refractivity contribution in [3.63, 3.8) is 0 Å². The molecule has 1 heterocycles. The standard InChI is InChI=1S/C9H9ClOS/c10-5-7(11)9-4-6-2-1-3-8(6)12-9/h4H,1-3,5H2. The maximum atomic E-state index is 11.2. The number of Topliss-reactive ketones (excluding diaryl/α,β-unsaturated/α-hetero) is 1. The summed E-state index contributed by atoms with van der Waals surface area (Å²) in [5, 5.41) is 0. The Hall–Kier alpha value is -0.340. The Kier molecular flexibility index (Phi) is 2.20. The van der Waals surface area contributed by atoms with Gasteiger partial charge < -0.3 is 0 Å². The SMILES string of the molecule is O=C(CCl)c1cc2c(s1)CCC2. The van der Waals surface area contributed by atoms with Gasteiger partial charge in [-0.15, -0.1) is 22.9 Å². The minimum Gasteiger partial charge on any atom is -0.292 e. The number of aryl methyl sites for hydroxylation is 2. The summed E-state index contributed by atoms with van der Waals surface area (Å²) in [4.78, 5) is 13.4. The number of hydrogen-bond acceptors (Lipinski definition) is 2. The van der Waals surface area contributed by atoms with Crippen molar-refractivity contribution in [2.75, 3.05) is 5.88 Å². The Morgan fingerprint density at radius 2 is 2.42 bits per heavy atom. The first-order valence-corrected chi connectivity index (χ1v) is 5.37. The van der Waals surface area contributed by atoms with E-state index in [2.05, 4.69) is 0 Å². The molecule has 0 N–H and O–H groups in total. The summed E-state index contributed by atoms with van der Waals surface area (Å²) < 4.78 is 0. The predicted molar refractivity (Wildman–Crippen MR) is 51.4 cm³/mol. The molecule has 0 fully saturated rings. The number of carbonyl (C=O) groups is 1. The van der Waals surface area contributed by atoms with Gasteiger partial charge in [-0.05, 0) is 30.9 Å². The second-order valence-corrected chi connectivity index (χ2v) is 4.37. The number of ketones is 1. The van der Waals surface area contributed by atoms with Gasteiger partial charge in [0, 0.05) is 4.88 Å². The van der Waals surface area contributed by atoms with E-state index in [1.165, 1.54) is 16.9 Å². The van der Waals surface area contributed by atoms with Gasteiger partial charge in [-0.1, -0.05) is 0 Å². The molecule has 3 heteroatoms. The van der Waals surface area contributed by atoms with Gasteiger partial charge in [0.1, 0.15) is 0 Å². The molecule has 64 valence electrons. The van der Waals surface area contributed by atoms with E-state index in [1.54, 1.807) is 11.3 Å². The molecule has 2 rings (SSSR count). The molecule has 0 aliphatic heterocycles. The van der Waals surface area contributed by atoms with E-state index >= 15 is 0 Å². The average Bonchev–Trinajstić information content (AvgIpc) is 2.60. The van der Waals surface area contributed by atoms with Gasteiger partial charge in [-0.2, -0.15) is 0 Å². The number of hydrogen-bond donors (Lipinski definition) is 0. The zero-order valence-corrected chi connectivity index (χ0v) is 8.17. The van der Waals surface area contributed by atoms with Crippen molar-refractivity contribution in [3.8, 4) is 0 Å². The fraction of sp³-hybridized carbons (Fsp3) is 0.444. The van der Waals surface area contributed by atoms with Crippen LogP contribution in [0.15, 0.2) is 6.07 Å². The zero-order valence-electron chi connectivity index (χ0n) is 6.60. The van der Waals surface area contributed by atoms with E-state index in [4.69, 9.17) is 11.6 Å². The van der Waals surface area contributed by atoms with E-state index in [-0.39, 0.29) is 11.7 Å². The number of carbonyl (C=O) groups excluding carboxylic acids is 1. The summed E-state index contributed by atoms with van der Waals surface area (Å²) in [5.41, 5.74) is 1.37. The molecule has 1 nitrogen and oxygen atoms in total. The van der Waals surface area contributed by atoms with Crippen LogP contribution in [0.4, 0.5) is 0 Å². The molecule has 0 atom stereocenters. The number of alkyl halides is 1. The van der Waals surface area contributed by atoms with Crippen LogP contribution in [0.25, 0.3) is 0 Å². The minimum atomic E-state index is 0.0658. The third-order valence-electron chi connectivity index (χ3n) is 2.14. The van der Waals surface area contributed by atoms with Crippen molar-refractivity contribution in [2.45, 2.75) is 19.3 Å². The number of fused-ring (bicyclic) bond motifs is 1. The summed E-state index contributed by atoms with van der Waals surface area (Å²) in [5.74, 6) is 0.176. The lowest BCUT2D eigenvalue weighted by Crippen LogP contribution is -1.96. The highest BCUT2D eigenvalue weighted by molar-refractivity contribution is 7.14. The molecule has 0 saturated carbocycles. The Labute approximate surface area is 80.4 Å². The van der Waals surface area contributed by atoms with Crippen molar-refractivity contribution in [2.24, 2.45) is 0 Å². The lowest BCUT2D eigenvalue weighted by Gasteiger charge is -1.89. The molecule has 0 spiro atoms. The van der Waals surface area contributed by atoms with E-state index in [0.717, 1.165) is 17.7 Å². The van der Waals surface area contributed by atoms with Crippen molar-refractivity contribution in [3.05, 3.63) is 21.4 Å². The minimum absolute atomic E-state index is 0.0658.